The Bertz CT molecular complexity index is 1060. The van der Waals surface area contributed by atoms with Crippen molar-refractivity contribution in [1.82, 2.24) is 14.4 Å². The first-order valence-electron chi connectivity index (χ1n) is 10.2. The summed E-state index contributed by atoms with van der Waals surface area (Å²) in [5.41, 5.74) is 2.80. The van der Waals surface area contributed by atoms with Crippen LogP contribution in [0.2, 0.25) is 0 Å². The van der Waals surface area contributed by atoms with E-state index in [0.29, 0.717) is 6.54 Å². The number of fused-ring (bicyclic) bond motifs is 3. The van der Waals surface area contributed by atoms with E-state index in [9.17, 15) is 9.18 Å². The first kappa shape index (κ1) is 18.9. The van der Waals surface area contributed by atoms with Gasteiger partial charge in [0, 0.05) is 37.9 Å². The van der Waals surface area contributed by atoms with Gasteiger partial charge < -0.3 is 14.2 Å². The minimum atomic E-state index is -0.265. The average molecular weight is 405 g/mol. The van der Waals surface area contributed by atoms with Crippen LogP contribution in [0.3, 0.4) is 0 Å². The van der Waals surface area contributed by atoms with Gasteiger partial charge in [-0.1, -0.05) is 30.3 Å². The molecule has 0 radical (unpaired) electrons. The number of carbonyl (C=O) groups is 1. The fourth-order valence-corrected chi connectivity index (χ4v) is 4.77. The van der Waals surface area contributed by atoms with Gasteiger partial charge in [-0.2, -0.15) is 0 Å². The van der Waals surface area contributed by atoms with E-state index in [-0.39, 0.29) is 23.8 Å². The quantitative estimate of drug-likeness (QED) is 0.649. The molecule has 0 unspecified atom stereocenters. The van der Waals surface area contributed by atoms with Gasteiger partial charge in [-0.15, -0.1) is 0 Å². The maximum Gasteiger partial charge on any atom is 0.271 e. The summed E-state index contributed by atoms with van der Waals surface area (Å²) >= 11 is 0. The van der Waals surface area contributed by atoms with Crippen LogP contribution in [-0.2, 0) is 13.1 Å². The van der Waals surface area contributed by atoms with E-state index >= 15 is 0 Å². The van der Waals surface area contributed by atoms with Gasteiger partial charge in [0.15, 0.2) is 0 Å². The van der Waals surface area contributed by atoms with E-state index in [4.69, 9.17) is 4.74 Å². The van der Waals surface area contributed by atoms with Crippen molar-refractivity contribution >= 4 is 5.91 Å². The Labute approximate surface area is 175 Å². The van der Waals surface area contributed by atoms with Crippen molar-refractivity contribution in [2.75, 3.05) is 20.2 Å². The maximum atomic E-state index is 13.3. The number of halogens is 1. The van der Waals surface area contributed by atoms with E-state index in [1.165, 1.54) is 12.1 Å². The fraction of sp³-hybridized carbons (Fsp3) is 0.292. The molecule has 3 heterocycles. The van der Waals surface area contributed by atoms with Gasteiger partial charge in [0.05, 0.1) is 19.2 Å². The van der Waals surface area contributed by atoms with Crippen LogP contribution in [0.15, 0.2) is 66.9 Å². The van der Waals surface area contributed by atoms with Crippen molar-refractivity contribution in [2.45, 2.75) is 25.2 Å². The lowest BCUT2D eigenvalue weighted by Crippen LogP contribution is -2.49. The van der Waals surface area contributed by atoms with Crippen molar-refractivity contribution in [3.8, 4) is 5.75 Å². The molecule has 0 saturated carbocycles. The third-order valence-electron chi connectivity index (χ3n) is 6.20. The monoisotopic (exact) mass is 405 g/mol. The molecule has 2 atom stereocenters. The number of rotatable bonds is 5. The number of ether oxygens (including phenoxy) is 1. The second kappa shape index (κ2) is 7.61. The Morgan fingerprint density at radius 3 is 2.53 bits per heavy atom. The number of para-hydroxylation sites is 1. The number of hydrogen-bond donors (Lipinski definition) is 0. The Morgan fingerprint density at radius 1 is 0.967 bits per heavy atom. The number of benzene rings is 2. The van der Waals surface area contributed by atoms with Gasteiger partial charge in [-0.25, -0.2) is 4.39 Å². The Balaban J connectivity index is 1.43. The molecular weight excluding hydrogens is 381 g/mol. The summed E-state index contributed by atoms with van der Waals surface area (Å²) in [6, 6.07) is 18.6. The standard InChI is InChI=1S/C24H24FN3O2/c1-30-23-7-3-2-5-18(23)14-26-15-21-22(16-26)28(13-17-8-10-19(25)11-9-17)24(29)20-6-4-12-27(20)21/h2-12,21-22H,13-16H2,1H3/t21-,22-/m1/s1. The summed E-state index contributed by atoms with van der Waals surface area (Å²) in [6.07, 6.45) is 2.01. The van der Waals surface area contributed by atoms with E-state index < -0.39 is 0 Å². The van der Waals surface area contributed by atoms with Crippen molar-refractivity contribution in [1.29, 1.82) is 0 Å². The zero-order valence-electron chi connectivity index (χ0n) is 16.9. The Morgan fingerprint density at radius 2 is 1.73 bits per heavy atom. The van der Waals surface area contributed by atoms with Crippen LogP contribution < -0.4 is 4.74 Å². The van der Waals surface area contributed by atoms with Gasteiger partial charge in [0.25, 0.3) is 5.91 Å². The normalized spacial score (nSPS) is 20.9. The molecule has 5 nitrogen and oxygen atoms in total. The van der Waals surface area contributed by atoms with Gasteiger partial charge in [0.1, 0.15) is 17.3 Å². The summed E-state index contributed by atoms with van der Waals surface area (Å²) in [6.45, 7) is 2.89. The lowest BCUT2D eigenvalue weighted by atomic mass is 10.0. The number of aromatic nitrogens is 1. The SMILES string of the molecule is COc1ccccc1CN1C[C@@H]2[C@@H](C1)n1cccc1C(=O)N2Cc1ccc(F)cc1. The van der Waals surface area contributed by atoms with Gasteiger partial charge in [0.2, 0.25) is 0 Å². The summed E-state index contributed by atoms with van der Waals surface area (Å²) in [7, 11) is 1.69. The zero-order valence-corrected chi connectivity index (χ0v) is 16.9. The van der Waals surface area contributed by atoms with Crippen molar-refractivity contribution in [2.24, 2.45) is 0 Å². The van der Waals surface area contributed by atoms with Crippen LogP contribution in [0, 0.1) is 5.82 Å². The highest BCUT2D eigenvalue weighted by atomic mass is 19.1. The van der Waals surface area contributed by atoms with E-state index in [0.717, 1.165) is 42.2 Å². The first-order valence-corrected chi connectivity index (χ1v) is 10.2. The maximum absolute atomic E-state index is 13.3. The van der Waals surface area contributed by atoms with Crippen molar-refractivity contribution < 1.29 is 13.9 Å². The smallest absolute Gasteiger partial charge is 0.271 e. The molecule has 1 saturated heterocycles. The first-order chi connectivity index (χ1) is 14.6. The van der Waals surface area contributed by atoms with E-state index in [1.54, 1.807) is 19.2 Å². The highest BCUT2D eigenvalue weighted by Crippen LogP contribution is 2.36. The van der Waals surface area contributed by atoms with Crippen LogP contribution in [0.4, 0.5) is 4.39 Å². The van der Waals surface area contributed by atoms with Crippen LogP contribution in [0.5, 0.6) is 5.75 Å². The molecule has 0 spiro atoms. The highest BCUT2D eigenvalue weighted by Gasteiger charge is 2.44. The molecule has 2 aliphatic heterocycles. The summed E-state index contributed by atoms with van der Waals surface area (Å²) < 4.78 is 21.0. The van der Waals surface area contributed by atoms with Gasteiger partial charge in [-0.05, 0) is 35.9 Å². The molecular formula is C24H24FN3O2. The molecule has 6 heteroatoms. The minimum Gasteiger partial charge on any atom is -0.496 e. The number of nitrogens with zero attached hydrogens (tertiary/aromatic N) is 3. The van der Waals surface area contributed by atoms with Crippen LogP contribution in [0.25, 0.3) is 0 Å². The number of hydrogen-bond acceptors (Lipinski definition) is 3. The predicted molar refractivity (Wildman–Crippen MR) is 112 cm³/mol. The highest BCUT2D eigenvalue weighted by molar-refractivity contribution is 5.94. The Hall–Kier alpha value is -3.12. The van der Waals surface area contributed by atoms with Crippen molar-refractivity contribution in [3.63, 3.8) is 0 Å². The van der Waals surface area contributed by atoms with Crippen LogP contribution in [0.1, 0.15) is 27.7 Å². The molecule has 0 N–H and O–H groups in total. The second-order valence-corrected chi connectivity index (χ2v) is 8.00. The van der Waals surface area contributed by atoms with E-state index in [1.807, 2.05) is 41.4 Å². The van der Waals surface area contributed by atoms with E-state index in [2.05, 4.69) is 15.5 Å². The largest absolute Gasteiger partial charge is 0.496 e. The molecule has 30 heavy (non-hydrogen) atoms. The third kappa shape index (κ3) is 3.27. The molecule has 3 aromatic rings. The third-order valence-corrected chi connectivity index (χ3v) is 6.20. The molecule has 2 aromatic carbocycles. The topological polar surface area (TPSA) is 37.7 Å². The second-order valence-electron chi connectivity index (χ2n) is 8.00. The number of amides is 1. The lowest BCUT2D eigenvalue weighted by Gasteiger charge is -2.38. The lowest BCUT2D eigenvalue weighted by molar-refractivity contribution is 0.0556. The molecule has 1 aromatic heterocycles. The van der Waals surface area contributed by atoms with Gasteiger partial charge >= 0.3 is 0 Å². The zero-order chi connectivity index (χ0) is 20.7. The number of carbonyl (C=O) groups excluding carboxylic acids is 1. The molecule has 0 aliphatic carbocycles. The average Bonchev–Trinajstić information content (AvgIpc) is 3.40. The predicted octanol–water partition coefficient (Wildman–Crippen LogP) is 3.72. The summed E-state index contributed by atoms with van der Waals surface area (Å²) in [4.78, 5) is 17.6. The molecule has 1 amide bonds. The Kier molecular flexibility index (Phi) is 4.79. The molecule has 5 rings (SSSR count). The molecule has 1 fully saturated rings. The van der Waals surface area contributed by atoms with Crippen LogP contribution in [-0.4, -0.2) is 46.5 Å². The molecule has 154 valence electrons. The van der Waals surface area contributed by atoms with Gasteiger partial charge in [-0.3, -0.25) is 9.69 Å². The number of likely N-dealkylation sites (tertiary alicyclic amines) is 1. The fourth-order valence-electron chi connectivity index (χ4n) is 4.77. The minimum absolute atomic E-state index is 0.0321. The van der Waals surface area contributed by atoms with Crippen LogP contribution >= 0.6 is 0 Å². The molecule has 2 aliphatic rings. The number of methoxy groups -OCH3 is 1. The summed E-state index contributed by atoms with van der Waals surface area (Å²) in [5.74, 6) is 0.650. The summed E-state index contributed by atoms with van der Waals surface area (Å²) in [5, 5.41) is 0. The molecule has 0 bridgehead atoms. The van der Waals surface area contributed by atoms with Crippen molar-refractivity contribution in [3.05, 3.63) is 89.5 Å².